The predicted molar refractivity (Wildman–Crippen MR) is 66.7 cm³/mol. The highest BCUT2D eigenvalue weighted by Crippen LogP contribution is 2.16. The van der Waals surface area contributed by atoms with Crippen LogP contribution in [0.4, 0.5) is 0 Å². The molecule has 88 valence electrons. The Hall–Kier alpha value is -0.370. The van der Waals surface area contributed by atoms with Crippen LogP contribution >= 0.6 is 0 Å². The second-order valence-corrected chi connectivity index (χ2v) is 4.70. The third-order valence-electron chi connectivity index (χ3n) is 3.33. The number of nitrogens with one attached hydrogen (secondary N) is 2. The molecule has 1 fully saturated rings. The summed E-state index contributed by atoms with van der Waals surface area (Å²) < 4.78 is 0. The van der Waals surface area contributed by atoms with Crippen LogP contribution in [0.15, 0.2) is 0 Å². The SMILES string of the molecule is N=CCCNC1CCCCCCCCC1. The van der Waals surface area contributed by atoms with E-state index in [1.165, 1.54) is 64.0 Å². The summed E-state index contributed by atoms with van der Waals surface area (Å²) in [6, 6.07) is 0.725. The molecule has 0 radical (unpaired) electrons. The smallest absolute Gasteiger partial charge is 0.00671 e. The molecule has 0 spiro atoms. The van der Waals surface area contributed by atoms with Crippen LogP contribution in [-0.2, 0) is 0 Å². The fraction of sp³-hybridized carbons (Fsp3) is 0.923. The van der Waals surface area contributed by atoms with E-state index in [0.717, 1.165) is 19.0 Å². The zero-order valence-electron chi connectivity index (χ0n) is 9.93. The lowest BCUT2D eigenvalue weighted by atomic mass is 9.97. The zero-order chi connectivity index (χ0) is 10.8. The van der Waals surface area contributed by atoms with Gasteiger partial charge in [0, 0.05) is 12.6 Å². The van der Waals surface area contributed by atoms with Gasteiger partial charge in [-0.3, -0.25) is 0 Å². The van der Waals surface area contributed by atoms with Gasteiger partial charge < -0.3 is 10.7 Å². The number of hydrogen-bond donors (Lipinski definition) is 2. The molecule has 1 aliphatic rings. The van der Waals surface area contributed by atoms with E-state index in [-0.39, 0.29) is 0 Å². The maximum atomic E-state index is 7.00. The molecule has 15 heavy (non-hydrogen) atoms. The van der Waals surface area contributed by atoms with E-state index in [4.69, 9.17) is 5.41 Å². The lowest BCUT2D eigenvalue weighted by molar-refractivity contribution is 0.403. The molecule has 1 saturated carbocycles. The molecule has 0 atom stereocenters. The third kappa shape index (κ3) is 6.67. The van der Waals surface area contributed by atoms with Gasteiger partial charge in [0.15, 0.2) is 0 Å². The van der Waals surface area contributed by atoms with Crippen LogP contribution in [0.25, 0.3) is 0 Å². The maximum Gasteiger partial charge on any atom is 0.00671 e. The van der Waals surface area contributed by atoms with Crippen molar-refractivity contribution in [1.82, 2.24) is 5.32 Å². The minimum atomic E-state index is 0.725. The first-order valence-corrected chi connectivity index (χ1v) is 6.66. The third-order valence-corrected chi connectivity index (χ3v) is 3.33. The monoisotopic (exact) mass is 210 g/mol. The van der Waals surface area contributed by atoms with Gasteiger partial charge in [-0.05, 0) is 25.5 Å². The van der Waals surface area contributed by atoms with Crippen LogP contribution in [0, 0.1) is 5.41 Å². The highest BCUT2D eigenvalue weighted by atomic mass is 14.9. The molecule has 0 aromatic rings. The van der Waals surface area contributed by atoms with Crippen LogP contribution in [-0.4, -0.2) is 18.8 Å². The van der Waals surface area contributed by atoms with Crippen LogP contribution in [0.1, 0.15) is 64.2 Å². The van der Waals surface area contributed by atoms with Gasteiger partial charge in [-0.1, -0.05) is 44.9 Å². The van der Waals surface area contributed by atoms with Gasteiger partial charge in [-0.25, -0.2) is 0 Å². The first-order valence-electron chi connectivity index (χ1n) is 6.66. The lowest BCUT2D eigenvalue weighted by Crippen LogP contribution is -2.30. The van der Waals surface area contributed by atoms with Gasteiger partial charge in [0.25, 0.3) is 0 Å². The normalized spacial score (nSPS) is 21.1. The van der Waals surface area contributed by atoms with E-state index in [1.54, 1.807) is 0 Å². The Kier molecular flexibility index (Phi) is 7.53. The van der Waals surface area contributed by atoms with Gasteiger partial charge in [-0.2, -0.15) is 0 Å². The molecule has 0 heterocycles. The summed E-state index contributed by atoms with van der Waals surface area (Å²) in [6.07, 6.45) is 15.0. The molecule has 0 bridgehead atoms. The Balaban J connectivity index is 2.16. The Morgan fingerprint density at radius 3 is 2.00 bits per heavy atom. The number of rotatable bonds is 4. The average Bonchev–Trinajstić information content (AvgIpc) is 2.27. The van der Waals surface area contributed by atoms with Crippen LogP contribution in [0.5, 0.6) is 0 Å². The molecule has 0 saturated heterocycles. The second kappa shape index (κ2) is 8.90. The van der Waals surface area contributed by atoms with Crippen molar-refractivity contribution in [3.05, 3.63) is 0 Å². The molecule has 0 aliphatic heterocycles. The summed E-state index contributed by atoms with van der Waals surface area (Å²) in [4.78, 5) is 0. The highest BCUT2D eigenvalue weighted by molar-refractivity contribution is 5.52. The van der Waals surface area contributed by atoms with Crippen LogP contribution in [0.3, 0.4) is 0 Å². The molecule has 1 rings (SSSR count). The van der Waals surface area contributed by atoms with Gasteiger partial charge in [0.05, 0.1) is 0 Å². The second-order valence-electron chi connectivity index (χ2n) is 4.70. The summed E-state index contributed by atoms with van der Waals surface area (Å²) in [6.45, 7) is 0.994. The van der Waals surface area contributed by atoms with Gasteiger partial charge in [-0.15, -0.1) is 0 Å². The summed E-state index contributed by atoms with van der Waals surface area (Å²) in [5.74, 6) is 0. The van der Waals surface area contributed by atoms with Gasteiger partial charge >= 0.3 is 0 Å². The molecule has 2 N–H and O–H groups in total. The van der Waals surface area contributed by atoms with Crippen molar-refractivity contribution in [2.24, 2.45) is 0 Å². The maximum absolute atomic E-state index is 7.00. The molecule has 2 nitrogen and oxygen atoms in total. The zero-order valence-corrected chi connectivity index (χ0v) is 9.93. The van der Waals surface area contributed by atoms with E-state index in [9.17, 15) is 0 Å². The summed E-state index contributed by atoms with van der Waals surface area (Å²) in [5.41, 5.74) is 0. The Morgan fingerprint density at radius 2 is 1.47 bits per heavy atom. The van der Waals surface area contributed by atoms with Crippen molar-refractivity contribution in [1.29, 1.82) is 5.41 Å². The van der Waals surface area contributed by atoms with Crippen molar-refractivity contribution < 1.29 is 0 Å². The molecular weight excluding hydrogens is 184 g/mol. The Bertz CT molecular complexity index is 147. The standard InChI is InChI=1S/C13H26N2/c14-11-8-12-15-13-9-6-4-2-1-3-5-7-10-13/h11,13-15H,1-10,12H2. The largest absolute Gasteiger partial charge is 0.314 e. The van der Waals surface area contributed by atoms with Gasteiger partial charge in [0.2, 0.25) is 0 Å². The van der Waals surface area contributed by atoms with Crippen molar-refractivity contribution in [2.75, 3.05) is 6.54 Å². The fourth-order valence-electron chi connectivity index (χ4n) is 2.37. The summed E-state index contributed by atoms with van der Waals surface area (Å²) in [5, 5.41) is 10.6. The minimum Gasteiger partial charge on any atom is -0.314 e. The molecular formula is C13H26N2. The molecule has 1 aliphatic carbocycles. The highest BCUT2D eigenvalue weighted by Gasteiger charge is 2.08. The van der Waals surface area contributed by atoms with Crippen LogP contribution in [0.2, 0.25) is 0 Å². The molecule has 0 unspecified atom stereocenters. The first kappa shape index (κ1) is 12.7. The van der Waals surface area contributed by atoms with E-state index < -0.39 is 0 Å². The van der Waals surface area contributed by atoms with E-state index in [1.807, 2.05) is 0 Å². The fourth-order valence-corrected chi connectivity index (χ4v) is 2.37. The molecule has 0 aromatic heterocycles. The first-order chi connectivity index (χ1) is 7.43. The predicted octanol–water partition coefficient (Wildman–Crippen LogP) is 3.51. The molecule has 2 heteroatoms. The van der Waals surface area contributed by atoms with Gasteiger partial charge in [0.1, 0.15) is 0 Å². The van der Waals surface area contributed by atoms with E-state index in [0.29, 0.717) is 0 Å². The van der Waals surface area contributed by atoms with E-state index >= 15 is 0 Å². The topological polar surface area (TPSA) is 35.9 Å². The summed E-state index contributed by atoms with van der Waals surface area (Å²) >= 11 is 0. The van der Waals surface area contributed by atoms with Crippen molar-refractivity contribution >= 4 is 6.21 Å². The Labute approximate surface area is 94.3 Å². The lowest BCUT2D eigenvalue weighted by Gasteiger charge is -2.19. The van der Waals surface area contributed by atoms with Crippen molar-refractivity contribution in [2.45, 2.75) is 70.3 Å². The quantitative estimate of drug-likeness (QED) is 0.540. The minimum absolute atomic E-state index is 0.725. The Morgan fingerprint density at radius 1 is 0.933 bits per heavy atom. The average molecular weight is 210 g/mol. The number of hydrogen-bond acceptors (Lipinski definition) is 2. The van der Waals surface area contributed by atoms with Crippen molar-refractivity contribution in [3.63, 3.8) is 0 Å². The van der Waals surface area contributed by atoms with E-state index in [2.05, 4.69) is 5.32 Å². The van der Waals surface area contributed by atoms with Crippen molar-refractivity contribution in [3.8, 4) is 0 Å². The summed E-state index contributed by atoms with van der Waals surface area (Å²) in [7, 11) is 0. The molecule has 0 aromatic carbocycles. The molecule has 0 amide bonds. The van der Waals surface area contributed by atoms with Crippen LogP contribution < -0.4 is 5.32 Å².